The largest absolute Gasteiger partial charge is 0.370 e. The van der Waals surface area contributed by atoms with Gasteiger partial charge in [0, 0.05) is 26.1 Å². The third-order valence-corrected chi connectivity index (χ3v) is 5.34. The summed E-state index contributed by atoms with van der Waals surface area (Å²) in [5.74, 6) is -0.0223. The van der Waals surface area contributed by atoms with E-state index < -0.39 is 5.91 Å². The lowest BCUT2D eigenvalue weighted by Crippen LogP contribution is -2.35. The van der Waals surface area contributed by atoms with Crippen molar-refractivity contribution in [1.29, 1.82) is 0 Å². The van der Waals surface area contributed by atoms with Crippen molar-refractivity contribution >= 4 is 40.9 Å². The van der Waals surface area contributed by atoms with Crippen molar-refractivity contribution in [3.63, 3.8) is 0 Å². The molecular weight excluding hydrogens is 364 g/mol. The minimum Gasteiger partial charge on any atom is -0.370 e. The van der Waals surface area contributed by atoms with E-state index in [1.807, 2.05) is 17.5 Å². The Balaban J connectivity index is 1.74. The van der Waals surface area contributed by atoms with Crippen molar-refractivity contribution in [2.24, 2.45) is 5.73 Å². The second-order valence-corrected chi connectivity index (χ2v) is 7.11. The Labute approximate surface area is 151 Å². The number of carbonyl (C=O) groups is 3. The van der Waals surface area contributed by atoms with Crippen LogP contribution in [0, 0.1) is 0 Å². The molecule has 0 radical (unpaired) electrons. The second-order valence-electron chi connectivity index (χ2n) is 5.22. The first kappa shape index (κ1) is 17.4. The summed E-state index contributed by atoms with van der Waals surface area (Å²) >= 11 is 2.69. The Morgan fingerprint density at radius 2 is 2.24 bits per heavy atom. The lowest BCUT2D eigenvalue weighted by molar-refractivity contribution is -0.124. The highest BCUT2D eigenvalue weighted by atomic mass is 32.2. The van der Waals surface area contributed by atoms with Crippen LogP contribution in [0.3, 0.4) is 0 Å². The molecule has 11 heteroatoms. The number of nitrogens with one attached hydrogen (secondary N) is 1. The fourth-order valence-corrected chi connectivity index (χ4v) is 3.88. The van der Waals surface area contributed by atoms with Crippen LogP contribution in [-0.4, -0.2) is 56.4 Å². The summed E-state index contributed by atoms with van der Waals surface area (Å²) < 4.78 is 1.78. The Morgan fingerprint density at radius 1 is 1.40 bits per heavy atom. The van der Waals surface area contributed by atoms with Crippen LogP contribution in [0.2, 0.25) is 0 Å². The second kappa shape index (κ2) is 7.66. The number of nitrogens with two attached hydrogens (primary N) is 1. The molecule has 9 nitrogen and oxygen atoms in total. The predicted molar refractivity (Wildman–Crippen MR) is 93.0 cm³/mol. The molecule has 0 saturated carbocycles. The molecule has 3 rings (SSSR count). The van der Waals surface area contributed by atoms with Gasteiger partial charge in [-0.1, -0.05) is 17.8 Å². The van der Waals surface area contributed by atoms with Crippen molar-refractivity contribution in [3.05, 3.63) is 17.5 Å². The summed E-state index contributed by atoms with van der Waals surface area (Å²) in [6.07, 6.45) is 0.145. The van der Waals surface area contributed by atoms with Gasteiger partial charge in [0.25, 0.3) is 0 Å². The smallest absolute Gasteiger partial charge is 0.324 e. The van der Waals surface area contributed by atoms with Gasteiger partial charge in [0.05, 0.1) is 10.6 Å². The van der Waals surface area contributed by atoms with Gasteiger partial charge >= 0.3 is 6.03 Å². The zero-order chi connectivity index (χ0) is 17.8. The molecular formula is C14H16N6O3S2. The molecule has 0 unspecified atom stereocenters. The fraction of sp³-hybridized carbons (Fsp3) is 0.357. The number of amides is 4. The summed E-state index contributed by atoms with van der Waals surface area (Å²) in [6.45, 7) is 1.16. The zero-order valence-electron chi connectivity index (χ0n) is 13.2. The number of rotatable bonds is 7. The summed E-state index contributed by atoms with van der Waals surface area (Å²) in [5.41, 5.74) is 5.25. The Bertz CT molecular complexity index is 789. The maximum atomic E-state index is 12.2. The minimum atomic E-state index is -0.424. The lowest BCUT2D eigenvalue weighted by atomic mass is 10.4. The van der Waals surface area contributed by atoms with Crippen LogP contribution < -0.4 is 11.1 Å². The van der Waals surface area contributed by atoms with E-state index in [-0.39, 0.29) is 24.1 Å². The number of imide groups is 1. The normalized spacial score (nSPS) is 13.9. The number of primary amides is 1. The number of urea groups is 1. The lowest BCUT2D eigenvalue weighted by Gasteiger charge is -2.12. The monoisotopic (exact) mass is 380 g/mol. The molecule has 1 aliphatic heterocycles. The summed E-state index contributed by atoms with van der Waals surface area (Å²) in [5, 5.41) is 13.3. The average Bonchev–Trinajstić information content (AvgIpc) is 3.30. The van der Waals surface area contributed by atoms with E-state index in [0.717, 1.165) is 4.88 Å². The van der Waals surface area contributed by atoms with Crippen molar-refractivity contribution in [1.82, 2.24) is 25.0 Å². The van der Waals surface area contributed by atoms with Crippen LogP contribution in [0.25, 0.3) is 10.7 Å². The van der Waals surface area contributed by atoms with E-state index in [1.165, 1.54) is 28.0 Å². The highest BCUT2D eigenvalue weighted by molar-refractivity contribution is 7.99. The number of thioether (sulfide) groups is 1. The van der Waals surface area contributed by atoms with Crippen LogP contribution in [0.15, 0.2) is 22.7 Å². The van der Waals surface area contributed by atoms with Crippen LogP contribution in [0.1, 0.15) is 6.42 Å². The average molecular weight is 380 g/mol. The molecule has 0 spiro atoms. The molecule has 3 heterocycles. The van der Waals surface area contributed by atoms with Gasteiger partial charge in [-0.15, -0.1) is 21.5 Å². The quantitative estimate of drug-likeness (QED) is 0.675. The molecule has 1 saturated heterocycles. The van der Waals surface area contributed by atoms with Crippen molar-refractivity contribution in [3.8, 4) is 10.7 Å². The van der Waals surface area contributed by atoms with Crippen LogP contribution in [0.5, 0.6) is 0 Å². The molecule has 2 aromatic heterocycles. The number of thiophene rings is 1. The van der Waals surface area contributed by atoms with E-state index in [4.69, 9.17) is 5.73 Å². The molecule has 3 N–H and O–H groups in total. The Kier molecular flexibility index (Phi) is 5.34. The van der Waals surface area contributed by atoms with Crippen LogP contribution in [0.4, 0.5) is 4.79 Å². The van der Waals surface area contributed by atoms with Gasteiger partial charge in [0.15, 0.2) is 11.0 Å². The maximum absolute atomic E-state index is 12.2. The Hall–Kier alpha value is -2.40. The standard InChI is InChI=1S/C14H16N6O3S2/c15-10(21)3-5-20-12(9-2-1-7-24-9)17-18-14(20)25-8-11(22)19-6-4-16-13(19)23/h1-2,7H,3-6,8H2,(H2,15,21)(H,16,23). The van der Waals surface area contributed by atoms with E-state index in [2.05, 4.69) is 15.5 Å². The molecule has 0 aromatic carbocycles. The maximum Gasteiger partial charge on any atom is 0.324 e. The van der Waals surface area contributed by atoms with Crippen LogP contribution in [-0.2, 0) is 16.1 Å². The highest BCUT2D eigenvalue weighted by Gasteiger charge is 2.26. The predicted octanol–water partition coefficient (Wildman–Crippen LogP) is 0.526. The number of nitrogens with zero attached hydrogens (tertiary/aromatic N) is 4. The van der Waals surface area contributed by atoms with Crippen molar-refractivity contribution in [2.75, 3.05) is 18.8 Å². The molecule has 132 valence electrons. The fourth-order valence-electron chi connectivity index (χ4n) is 2.32. The first-order chi connectivity index (χ1) is 12.1. The molecule has 4 amide bonds. The highest BCUT2D eigenvalue weighted by Crippen LogP contribution is 2.27. The molecule has 0 aliphatic carbocycles. The van der Waals surface area contributed by atoms with Crippen LogP contribution >= 0.6 is 23.1 Å². The summed E-state index contributed by atoms with van der Waals surface area (Å²) in [7, 11) is 0. The van der Waals surface area contributed by atoms with E-state index in [0.29, 0.717) is 30.6 Å². The molecule has 2 aromatic rings. The number of hydrogen-bond donors (Lipinski definition) is 2. The van der Waals surface area contributed by atoms with Gasteiger partial charge < -0.3 is 15.6 Å². The molecule has 0 bridgehead atoms. The van der Waals surface area contributed by atoms with Gasteiger partial charge in [-0.25, -0.2) is 4.79 Å². The Morgan fingerprint density at radius 3 is 2.88 bits per heavy atom. The molecule has 25 heavy (non-hydrogen) atoms. The van der Waals surface area contributed by atoms with Gasteiger partial charge in [0.2, 0.25) is 11.8 Å². The molecule has 0 atom stereocenters. The van der Waals surface area contributed by atoms with Gasteiger partial charge in [-0.3, -0.25) is 14.5 Å². The number of carbonyl (C=O) groups excluding carboxylic acids is 3. The third-order valence-electron chi connectivity index (χ3n) is 3.52. The van der Waals surface area contributed by atoms with Crippen molar-refractivity contribution < 1.29 is 14.4 Å². The summed E-state index contributed by atoms with van der Waals surface area (Å²) in [6, 6.07) is 3.43. The van der Waals surface area contributed by atoms with E-state index in [9.17, 15) is 14.4 Å². The molecule has 1 aliphatic rings. The first-order valence-corrected chi connectivity index (χ1v) is 9.39. The first-order valence-electron chi connectivity index (χ1n) is 7.52. The summed E-state index contributed by atoms with van der Waals surface area (Å²) in [4.78, 5) is 36.9. The zero-order valence-corrected chi connectivity index (χ0v) is 14.8. The molecule has 1 fully saturated rings. The van der Waals surface area contributed by atoms with Gasteiger partial charge in [0.1, 0.15) is 0 Å². The van der Waals surface area contributed by atoms with Crippen molar-refractivity contribution in [2.45, 2.75) is 18.1 Å². The van der Waals surface area contributed by atoms with E-state index in [1.54, 1.807) is 4.57 Å². The van der Waals surface area contributed by atoms with Gasteiger partial charge in [-0.2, -0.15) is 0 Å². The minimum absolute atomic E-state index is 0.0621. The third kappa shape index (κ3) is 3.99. The SMILES string of the molecule is NC(=O)CCn1c(SCC(=O)N2CCNC2=O)nnc1-c1cccs1. The van der Waals surface area contributed by atoms with Gasteiger partial charge in [-0.05, 0) is 11.4 Å². The number of hydrogen-bond acceptors (Lipinski definition) is 7. The van der Waals surface area contributed by atoms with E-state index >= 15 is 0 Å². The topological polar surface area (TPSA) is 123 Å². The number of aromatic nitrogens is 3.